The van der Waals surface area contributed by atoms with Crippen LogP contribution in [-0.2, 0) is 13.2 Å². The van der Waals surface area contributed by atoms with Gasteiger partial charge in [-0.3, -0.25) is 4.79 Å². The van der Waals surface area contributed by atoms with E-state index in [1.54, 1.807) is 66.9 Å². The number of rotatable bonds is 8. The molecule has 4 aromatic rings. The van der Waals surface area contributed by atoms with Crippen LogP contribution < -0.4 is 14.8 Å². The molecule has 0 radical (unpaired) electrons. The lowest BCUT2D eigenvalue weighted by atomic mass is 10.1. The van der Waals surface area contributed by atoms with Crippen LogP contribution in [0.4, 0.5) is 14.6 Å². The number of hydrogen-bond donors (Lipinski definition) is 1. The molecule has 0 atom stereocenters. The first-order valence-corrected chi connectivity index (χ1v) is 10.2. The number of benzene rings is 3. The van der Waals surface area contributed by atoms with E-state index in [1.807, 2.05) is 0 Å². The zero-order valence-corrected chi connectivity index (χ0v) is 17.5. The van der Waals surface area contributed by atoms with Gasteiger partial charge in [-0.05, 0) is 65.7 Å². The van der Waals surface area contributed by atoms with Gasteiger partial charge in [0, 0.05) is 6.20 Å². The van der Waals surface area contributed by atoms with E-state index in [1.165, 1.54) is 24.3 Å². The van der Waals surface area contributed by atoms with E-state index in [-0.39, 0.29) is 30.4 Å². The lowest BCUT2D eigenvalue weighted by molar-refractivity contribution is 0.102. The highest BCUT2D eigenvalue weighted by atomic mass is 19.1. The summed E-state index contributed by atoms with van der Waals surface area (Å²) in [5, 5.41) is 2.72. The Morgan fingerprint density at radius 1 is 0.788 bits per heavy atom. The molecule has 0 aliphatic carbocycles. The number of nitrogens with one attached hydrogen (secondary N) is 1. The van der Waals surface area contributed by atoms with Crippen molar-refractivity contribution >= 4 is 11.7 Å². The number of amides is 1. The number of aromatic nitrogens is 1. The minimum Gasteiger partial charge on any atom is -0.489 e. The molecule has 0 fully saturated rings. The van der Waals surface area contributed by atoms with Gasteiger partial charge in [-0.15, -0.1) is 0 Å². The van der Waals surface area contributed by atoms with Gasteiger partial charge in [0.05, 0.1) is 5.56 Å². The summed E-state index contributed by atoms with van der Waals surface area (Å²) in [5.41, 5.74) is 1.49. The predicted octanol–water partition coefficient (Wildman–Crippen LogP) is 5.77. The predicted molar refractivity (Wildman–Crippen MR) is 120 cm³/mol. The van der Waals surface area contributed by atoms with Gasteiger partial charge < -0.3 is 14.8 Å². The summed E-state index contributed by atoms with van der Waals surface area (Å²) in [6, 6.07) is 22.1. The van der Waals surface area contributed by atoms with Crippen LogP contribution in [0.2, 0.25) is 0 Å². The lowest BCUT2D eigenvalue weighted by Gasteiger charge is -2.14. The molecule has 0 aliphatic rings. The second-order valence-corrected chi connectivity index (χ2v) is 7.16. The Bertz CT molecular complexity index is 1250. The molecule has 0 bridgehead atoms. The lowest BCUT2D eigenvalue weighted by Crippen LogP contribution is -2.15. The molecule has 4 rings (SSSR count). The fourth-order valence-electron chi connectivity index (χ4n) is 3.10. The number of carbonyl (C=O) groups excluding carboxylic acids is 1. The van der Waals surface area contributed by atoms with E-state index < -0.39 is 5.91 Å². The Morgan fingerprint density at radius 2 is 1.48 bits per heavy atom. The van der Waals surface area contributed by atoms with Gasteiger partial charge in [0.15, 0.2) is 0 Å². The van der Waals surface area contributed by atoms with Crippen molar-refractivity contribution in [2.24, 2.45) is 0 Å². The molecule has 0 saturated heterocycles. The van der Waals surface area contributed by atoms with Crippen LogP contribution >= 0.6 is 0 Å². The molecule has 5 nitrogen and oxygen atoms in total. The average molecular weight is 446 g/mol. The SMILES string of the molecule is O=C(Nc1ccccn1)c1cc(OCc2cccc(F)c2)ccc1OCc1cccc(F)c1. The van der Waals surface area contributed by atoms with Gasteiger partial charge in [-0.2, -0.15) is 0 Å². The second kappa shape index (κ2) is 10.4. The van der Waals surface area contributed by atoms with Gasteiger partial charge in [-0.1, -0.05) is 30.3 Å². The quantitative estimate of drug-likeness (QED) is 0.373. The zero-order chi connectivity index (χ0) is 23.0. The van der Waals surface area contributed by atoms with Gasteiger partial charge in [0.25, 0.3) is 5.91 Å². The van der Waals surface area contributed by atoms with Crippen molar-refractivity contribution in [3.05, 3.63) is 119 Å². The maximum Gasteiger partial charge on any atom is 0.260 e. The first-order valence-electron chi connectivity index (χ1n) is 10.2. The molecule has 1 heterocycles. The monoisotopic (exact) mass is 446 g/mol. The van der Waals surface area contributed by atoms with Crippen LogP contribution in [0, 0.1) is 11.6 Å². The van der Waals surface area contributed by atoms with Crippen molar-refractivity contribution in [3.8, 4) is 11.5 Å². The molecule has 1 N–H and O–H groups in total. The van der Waals surface area contributed by atoms with Crippen LogP contribution in [0.25, 0.3) is 0 Å². The van der Waals surface area contributed by atoms with Crippen molar-refractivity contribution in [1.29, 1.82) is 0 Å². The standard InChI is InChI=1S/C26H20F2N2O3/c27-20-7-3-5-18(13-20)16-32-22-10-11-24(33-17-19-6-4-8-21(28)14-19)23(15-22)26(31)30-25-9-1-2-12-29-25/h1-15H,16-17H2,(H,29,30,31). The fourth-order valence-corrected chi connectivity index (χ4v) is 3.10. The number of ether oxygens (including phenoxy) is 2. The van der Waals surface area contributed by atoms with E-state index >= 15 is 0 Å². The largest absolute Gasteiger partial charge is 0.489 e. The summed E-state index contributed by atoms with van der Waals surface area (Å²) < 4.78 is 38.5. The van der Waals surface area contributed by atoms with Gasteiger partial charge in [0.1, 0.15) is 42.2 Å². The summed E-state index contributed by atoms with van der Waals surface area (Å²) in [7, 11) is 0. The van der Waals surface area contributed by atoms with Crippen LogP contribution in [0.1, 0.15) is 21.5 Å². The molecule has 7 heteroatoms. The third-order valence-corrected chi connectivity index (χ3v) is 4.68. The van der Waals surface area contributed by atoms with Crippen molar-refractivity contribution in [2.75, 3.05) is 5.32 Å². The Hall–Kier alpha value is -4.26. The average Bonchev–Trinajstić information content (AvgIpc) is 2.82. The Balaban J connectivity index is 1.55. The molecule has 33 heavy (non-hydrogen) atoms. The maximum atomic E-state index is 13.5. The van der Waals surface area contributed by atoms with Crippen molar-refractivity contribution in [2.45, 2.75) is 13.2 Å². The first-order chi connectivity index (χ1) is 16.1. The van der Waals surface area contributed by atoms with E-state index in [0.29, 0.717) is 28.4 Å². The van der Waals surface area contributed by atoms with Crippen LogP contribution in [-0.4, -0.2) is 10.9 Å². The molecule has 0 unspecified atom stereocenters. The molecule has 0 aliphatic heterocycles. The minimum atomic E-state index is -0.445. The summed E-state index contributed by atoms with van der Waals surface area (Å²) in [5.74, 6) is -0.0870. The van der Waals surface area contributed by atoms with Crippen LogP contribution in [0.3, 0.4) is 0 Å². The Morgan fingerprint density at radius 3 is 2.12 bits per heavy atom. The Labute approximate surface area is 189 Å². The molecule has 0 saturated carbocycles. The fraction of sp³-hybridized carbons (Fsp3) is 0.0769. The number of hydrogen-bond acceptors (Lipinski definition) is 4. The highest BCUT2D eigenvalue weighted by Crippen LogP contribution is 2.27. The van der Waals surface area contributed by atoms with Crippen molar-refractivity contribution in [3.63, 3.8) is 0 Å². The van der Waals surface area contributed by atoms with Gasteiger partial charge in [0.2, 0.25) is 0 Å². The summed E-state index contributed by atoms with van der Waals surface area (Å²) in [6.07, 6.45) is 1.56. The molecular formula is C26H20F2N2O3. The topological polar surface area (TPSA) is 60.5 Å². The molecule has 0 spiro atoms. The van der Waals surface area contributed by atoms with Crippen molar-refractivity contribution < 1.29 is 23.0 Å². The maximum absolute atomic E-state index is 13.5. The summed E-state index contributed by atoms with van der Waals surface area (Å²) in [4.78, 5) is 17.1. The second-order valence-electron chi connectivity index (χ2n) is 7.16. The van der Waals surface area contributed by atoms with E-state index in [2.05, 4.69) is 10.3 Å². The van der Waals surface area contributed by atoms with E-state index in [0.717, 1.165) is 0 Å². The molecule has 166 valence electrons. The van der Waals surface area contributed by atoms with Gasteiger partial charge >= 0.3 is 0 Å². The van der Waals surface area contributed by atoms with Crippen LogP contribution in [0.5, 0.6) is 11.5 Å². The van der Waals surface area contributed by atoms with E-state index in [4.69, 9.17) is 9.47 Å². The number of halogens is 2. The van der Waals surface area contributed by atoms with Crippen LogP contribution in [0.15, 0.2) is 91.1 Å². The number of carbonyl (C=O) groups is 1. The number of nitrogens with zero attached hydrogens (tertiary/aromatic N) is 1. The summed E-state index contributed by atoms with van der Waals surface area (Å²) in [6.45, 7) is 0.202. The molecule has 1 aromatic heterocycles. The summed E-state index contributed by atoms with van der Waals surface area (Å²) >= 11 is 0. The minimum absolute atomic E-state index is 0.0745. The third kappa shape index (κ3) is 6.13. The zero-order valence-electron chi connectivity index (χ0n) is 17.5. The number of pyridine rings is 1. The molecule has 3 aromatic carbocycles. The highest BCUT2D eigenvalue weighted by molar-refractivity contribution is 6.06. The number of anilines is 1. The van der Waals surface area contributed by atoms with Gasteiger partial charge in [-0.25, -0.2) is 13.8 Å². The van der Waals surface area contributed by atoms with Crippen molar-refractivity contribution in [1.82, 2.24) is 4.98 Å². The van der Waals surface area contributed by atoms with E-state index in [9.17, 15) is 13.6 Å². The highest BCUT2D eigenvalue weighted by Gasteiger charge is 2.16. The molecule has 1 amide bonds. The smallest absolute Gasteiger partial charge is 0.260 e. The first kappa shape index (κ1) is 22.0. The Kier molecular flexibility index (Phi) is 6.90. The molecular weight excluding hydrogens is 426 g/mol. The normalized spacial score (nSPS) is 10.5. The third-order valence-electron chi connectivity index (χ3n) is 4.68.